The molecule has 3 saturated heterocycles. The maximum atomic E-state index is 12.7. The van der Waals surface area contributed by atoms with E-state index in [-0.39, 0.29) is 24.2 Å². The van der Waals surface area contributed by atoms with Gasteiger partial charge in [-0.1, -0.05) is 12.8 Å². The molecule has 1 atom stereocenters. The fraction of sp³-hybridized carbons (Fsp3) is 0.895. The zero-order chi connectivity index (χ0) is 17.6. The summed E-state index contributed by atoms with van der Waals surface area (Å²) in [5.41, 5.74) is 0. The van der Waals surface area contributed by atoms with Crippen molar-refractivity contribution in [3.63, 3.8) is 0 Å². The van der Waals surface area contributed by atoms with Crippen molar-refractivity contribution in [3.05, 3.63) is 0 Å². The van der Waals surface area contributed by atoms with Gasteiger partial charge >= 0.3 is 0 Å². The minimum Gasteiger partial charge on any atom is -0.342 e. The van der Waals surface area contributed by atoms with Gasteiger partial charge in [0.05, 0.1) is 6.54 Å². The quantitative estimate of drug-likeness (QED) is 0.795. The van der Waals surface area contributed by atoms with Crippen LogP contribution < -0.4 is 5.32 Å². The molecule has 0 aliphatic carbocycles. The van der Waals surface area contributed by atoms with Gasteiger partial charge in [-0.05, 0) is 32.6 Å². The number of hydrogen-bond acceptors (Lipinski definition) is 4. The predicted octanol–water partition coefficient (Wildman–Crippen LogP) is 1.34. The third-order valence-corrected chi connectivity index (χ3v) is 6.09. The van der Waals surface area contributed by atoms with E-state index in [1.54, 1.807) is 0 Å². The molecule has 2 amide bonds. The van der Waals surface area contributed by atoms with Crippen LogP contribution in [0.25, 0.3) is 0 Å². The van der Waals surface area contributed by atoms with Crippen LogP contribution in [0, 0.1) is 5.92 Å². The Labute approximate surface area is 164 Å². The van der Waals surface area contributed by atoms with Crippen LogP contribution in [0.15, 0.2) is 0 Å². The normalized spacial score (nSPS) is 26.1. The number of halogens is 1. The van der Waals surface area contributed by atoms with Crippen LogP contribution in [0.5, 0.6) is 0 Å². The molecule has 26 heavy (non-hydrogen) atoms. The number of nitrogens with one attached hydrogen (secondary N) is 1. The molecule has 3 aliphatic rings. The van der Waals surface area contributed by atoms with E-state index in [1.807, 2.05) is 4.90 Å². The number of carbonyl (C=O) groups excluding carboxylic acids is 2. The smallest absolute Gasteiger partial charge is 0.236 e. The number of nitrogens with zero attached hydrogens (tertiary/aromatic N) is 3. The van der Waals surface area contributed by atoms with Gasteiger partial charge < -0.3 is 15.1 Å². The lowest BCUT2D eigenvalue weighted by Gasteiger charge is -2.37. The van der Waals surface area contributed by atoms with Gasteiger partial charge in [0.2, 0.25) is 11.8 Å². The Morgan fingerprint density at radius 1 is 0.923 bits per heavy atom. The Morgan fingerprint density at radius 3 is 2.19 bits per heavy atom. The van der Waals surface area contributed by atoms with E-state index >= 15 is 0 Å². The molecular weight excluding hydrogens is 352 g/mol. The second-order valence-electron chi connectivity index (χ2n) is 7.92. The molecule has 0 spiro atoms. The van der Waals surface area contributed by atoms with E-state index in [4.69, 9.17) is 0 Å². The molecule has 0 saturated carbocycles. The summed E-state index contributed by atoms with van der Waals surface area (Å²) in [4.78, 5) is 31.7. The second-order valence-corrected chi connectivity index (χ2v) is 7.92. The summed E-state index contributed by atoms with van der Waals surface area (Å²) in [6, 6.07) is 0.417. The first-order valence-corrected chi connectivity index (χ1v) is 10.2. The highest BCUT2D eigenvalue weighted by molar-refractivity contribution is 5.85. The van der Waals surface area contributed by atoms with Gasteiger partial charge in [-0.2, -0.15) is 0 Å². The minimum absolute atomic E-state index is 0. The fourth-order valence-corrected chi connectivity index (χ4v) is 4.32. The highest BCUT2D eigenvalue weighted by Gasteiger charge is 2.31. The lowest BCUT2D eigenvalue weighted by Crippen LogP contribution is -2.54. The van der Waals surface area contributed by atoms with E-state index in [1.165, 1.54) is 12.8 Å². The predicted molar refractivity (Wildman–Crippen MR) is 106 cm³/mol. The fourth-order valence-electron chi connectivity index (χ4n) is 4.32. The van der Waals surface area contributed by atoms with Gasteiger partial charge in [-0.15, -0.1) is 12.4 Å². The zero-order valence-electron chi connectivity index (χ0n) is 16.1. The van der Waals surface area contributed by atoms with Gasteiger partial charge in [0, 0.05) is 57.8 Å². The van der Waals surface area contributed by atoms with Gasteiger partial charge in [0.1, 0.15) is 0 Å². The molecule has 0 unspecified atom stereocenters. The van der Waals surface area contributed by atoms with Crippen molar-refractivity contribution in [2.24, 2.45) is 5.92 Å². The Bertz CT molecular complexity index is 460. The first-order chi connectivity index (χ1) is 12.1. The molecule has 3 rings (SSSR count). The molecule has 0 aromatic rings. The van der Waals surface area contributed by atoms with Crippen LogP contribution >= 0.6 is 12.4 Å². The van der Waals surface area contributed by atoms with E-state index in [0.717, 1.165) is 71.5 Å². The largest absolute Gasteiger partial charge is 0.342 e. The van der Waals surface area contributed by atoms with Crippen molar-refractivity contribution < 1.29 is 9.59 Å². The van der Waals surface area contributed by atoms with Gasteiger partial charge in [-0.25, -0.2) is 0 Å². The molecule has 0 radical (unpaired) electrons. The number of amides is 2. The molecule has 3 heterocycles. The molecule has 6 nitrogen and oxygen atoms in total. The summed E-state index contributed by atoms with van der Waals surface area (Å²) in [6.45, 7) is 8.89. The van der Waals surface area contributed by atoms with Crippen molar-refractivity contribution in [2.45, 2.75) is 51.5 Å². The Hall–Kier alpha value is -0.850. The first-order valence-electron chi connectivity index (χ1n) is 10.2. The second kappa shape index (κ2) is 10.5. The summed E-state index contributed by atoms with van der Waals surface area (Å²) >= 11 is 0. The van der Waals surface area contributed by atoms with Crippen LogP contribution in [-0.2, 0) is 9.59 Å². The van der Waals surface area contributed by atoms with E-state index in [2.05, 4.69) is 22.0 Å². The number of piperidine rings is 1. The topological polar surface area (TPSA) is 55.9 Å². The Morgan fingerprint density at radius 2 is 1.58 bits per heavy atom. The lowest BCUT2D eigenvalue weighted by molar-refractivity contribution is -0.141. The Kier molecular flexibility index (Phi) is 8.64. The molecule has 0 bridgehead atoms. The molecule has 1 N–H and O–H groups in total. The maximum Gasteiger partial charge on any atom is 0.236 e. The van der Waals surface area contributed by atoms with E-state index in [0.29, 0.717) is 18.5 Å². The maximum absolute atomic E-state index is 12.7. The van der Waals surface area contributed by atoms with Gasteiger partial charge in [0.15, 0.2) is 0 Å². The highest BCUT2D eigenvalue weighted by atomic mass is 35.5. The third kappa shape index (κ3) is 5.57. The van der Waals surface area contributed by atoms with Gasteiger partial charge in [-0.3, -0.25) is 14.5 Å². The van der Waals surface area contributed by atoms with Gasteiger partial charge in [0.25, 0.3) is 0 Å². The van der Waals surface area contributed by atoms with Crippen molar-refractivity contribution in [1.29, 1.82) is 0 Å². The van der Waals surface area contributed by atoms with E-state index < -0.39 is 0 Å². The summed E-state index contributed by atoms with van der Waals surface area (Å²) in [5, 5.41) is 3.36. The summed E-state index contributed by atoms with van der Waals surface area (Å²) in [5.74, 6) is 0.694. The molecule has 0 aromatic carbocycles. The molecular formula is C19H35ClN4O2. The van der Waals surface area contributed by atoms with Crippen molar-refractivity contribution >= 4 is 24.2 Å². The minimum atomic E-state index is 0. The average Bonchev–Trinajstić information content (AvgIpc) is 2.92. The number of hydrogen-bond donors (Lipinski definition) is 1. The lowest BCUT2D eigenvalue weighted by atomic mass is 9.95. The standard InChI is InChI=1S/C19H34N4O2.ClH/c1-16-14-20-8-13-23(16)15-18(24)21-11-6-17(7-12-21)19(25)22-9-4-2-3-5-10-22;/h16-17,20H,2-15H2,1H3;1H/t16-;/m0./s1. The summed E-state index contributed by atoms with van der Waals surface area (Å²) in [6.07, 6.45) is 6.45. The van der Waals surface area contributed by atoms with Crippen molar-refractivity contribution in [1.82, 2.24) is 20.0 Å². The van der Waals surface area contributed by atoms with Crippen LogP contribution in [0.1, 0.15) is 45.4 Å². The molecule has 3 fully saturated rings. The number of rotatable bonds is 3. The monoisotopic (exact) mass is 386 g/mol. The first kappa shape index (κ1) is 21.5. The number of piperazine rings is 1. The van der Waals surface area contributed by atoms with Crippen LogP contribution in [0.2, 0.25) is 0 Å². The van der Waals surface area contributed by atoms with Crippen LogP contribution in [-0.4, -0.2) is 84.9 Å². The molecule has 3 aliphatic heterocycles. The Balaban J connectivity index is 0.00000243. The SMILES string of the molecule is C[C@H]1CNCCN1CC(=O)N1CCC(C(=O)N2CCCCCC2)CC1.Cl. The zero-order valence-corrected chi connectivity index (χ0v) is 16.9. The molecule has 7 heteroatoms. The van der Waals surface area contributed by atoms with E-state index in [9.17, 15) is 9.59 Å². The summed E-state index contributed by atoms with van der Waals surface area (Å²) < 4.78 is 0. The third-order valence-electron chi connectivity index (χ3n) is 6.09. The highest BCUT2D eigenvalue weighted by Crippen LogP contribution is 2.22. The van der Waals surface area contributed by atoms with Crippen LogP contribution in [0.4, 0.5) is 0 Å². The van der Waals surface area contributed by atoms with Crippen molar-refractivity contribution in [2.75, 3.05) is 52.4 Å². The molecule has 0 aromatic heterocycles. The summed E-state index contributed by atoms with van der Waals surface area (Å²) in [7, 11) is 0. The molecule has 150 valence electrons. The van der Waals surface area contributed by atoms with Crippen LogP contribution in [0.3, 0.4) is 0 Å². The average molecular weight is 387 g/mol. The number of likely N-dealkylation sites (tertiary alicyclic amines) is 2. The van der Waals surface area contributed by atoms with Crippen molar-refractivity contribution in [3.8, 4) is 0 Å². The number of carbonyl (C=O) groups is 2.